The smallest absolute Gasteiger partial charge is 0.316 e. The Balaban J connectivity index is 1.59. The molecule has 194 valence electrons. The number of aliphatic hydroxyl groups excluding tert-OH is 1. The summed E-state index contributed by atoms with van der Waals surface area (Å²) in [6.45, 7) is 2.37. The van der Waals surface area contributed by atoms with Crippen LogP contribution in [0.3, 0.4) is 0 Å². The van der Waals surface area contributed by atoms with Crippen molar-refractivity contribution < 1.29 is 28.5 Å². The molecule has 0 spiro atoms. The lowest BCUT2D eigenvalue weighted by Crippen LogP contribution is -2.48. The Hall–Kier alpha value is -3.92. The molecule has 0 atom stereocenters. The third kappa shape index (κ3) is 6.26. The van der Waals surface area contributed by atoms with Crippen molar-refractivity contribution in [3.05, 3.63) is 48.2 Å². The number of amides is 1. The number of carbonyl (C=O) groups is 1. The van der Waals surface area contributed by atoms with E-state index in [0.29, 0.717) is 34.9 Å². The first-order valence-corrected chi connectivity index (χ1v) is 11.7. The molecule has 37 heavy (non-hydrogen) atoms. The average molecular weight is 511 g/mol. The summed E-state index contributed by atoms with van der Waals surface area (Å²) >= 11 is 0. The van der Waals surface area contributed by atoms with Crippen LogP contribution in [0.25, 0.3) is 22.6 Å². The molecule has 3 heterocycles. The number of carbonyl (C=O) groups excluding carboxylic acids is 1. The predicted octanol–water partition coefficient (Wildman–Crippen LogP) is 2.52. The zero-order chi connectivity index (χ0) is 26.3. The number of nitriles is 1. The Kier molecular flexibility index (Phi) is 8.39. The van der Waals surface area contributed by atoms with E-state index >= 15 is 0 Å². The van der Waals surface area contributed by atoms with Crippen LogP contribution in [-0.4, -0.2) is 63.9 Å². The van der Waals surface area contributed by atoms with Crippen LogP contribution in [0.2, 0.25) is 0 Å². The van der Waals surface area contributed by atoms with E-state index in [2.05, 4.69) is 25.3 Å². The molecule has 1 amide bonds. The van der Waals surface area contributed by atoms with Crippen LogP contribution in [-0.2, 0) is 14.3 Å². The van der Waals surface area contributed by atoms with Gasteiger partial charge in [0, 0.05) is 31.3 Å². The number of nitrogens with zero attached hydrogens (tertiary/aromatic N) is 4. The molecule has 3 aromatic rings. The van der Waals surface area contributed by atoms with Crippen LogP contribution < -0.4 is 10.1 Å². The van der Waals surface area contributed by atoms with Gasteiger partial charge in [-0.05, 0) is 37.3 Å². The predicted molar refractivity (Wildman–Crippen MR) is 128 cm³/mol. The Morgan fingerprint density at radius 3 is 2.76 bits per heavy atom. The lowest BCUT2D eigenvalue weighted by atomic mass is 9.91. The molecule has 4 rings (SSSR count). The van der Waals surface area contributed by atoms with Crippen molar-refractivity contribution in [2.45, 2.75) is 26.1 Å². The molecule has 11 nitrogen and oxygen atoms in total. The molecule has 1 aromatic carbocycles. The summed E-state index contributed by atoms with van der Waals surface area (Å²) in [5.41, 5.74) is 1.20. The summed E-state index contributed by atoms with van der Waals surface area (Å²) < 4.78 is 30.8. The first-order chi connectivity index (χ1) is 17.9. The van der Waals surface area contributed by atoms with Gasteiger partial charge in [0.05, 0.1) is 54.8 Å². The largest absolute Gasteiger partial charge is 0.463 e. The Morgan fingerprint density at radius 2 is 2.05 bits per heavy atom. The van der Waals surface area contributed by atoms with Crippen molar-refractivity contribution >= 4 is 5.91 Å². The molecular formula is C25H27FN6O5. The van der Waals surface area contributed by atoms with E-state index in [1.54, 1.807) is 25.1 Å². The zero-order valence-electron chi connectivity index (χ0n) is 20.2. The van der Waals surface area contributed by atoms with Crippen LogP contribution in [0.4, 0.5) is 4.39 Å². The first-order valence-electron chi connectivity index (χ1n) is 11.7. The fraction of sp³-hybridized carbons (Fsp3) is 0.400. The standard InChI is InChI=1S/C25H27FN6O5/c1-25(23(34)28-10-2-9-27)14-36-22(37-15-25)21-31-19(16-4-6-17(26)7-5-16)20(32-21)18-8-11-29-24(30-18)35-13-3-12-33/h4-8,11,22,33H,2-3,10,12-15H2,1H3,(H,28,34)(H,31,32). The molecule has 1 aliphatic rings. The van der Waals surface area contributed by atoms with Gasteiger partial charge in [-0.15, -0.1) is 0 Å². The number of hydrogen-bond acceptors (Lipinski definition) is 9. The number of H-pyrrole nitrogens is 1. The maximum atomic E-state index is 13.6. The van der Waals surface area contributed by atoms with Gasteiger partial charge in [-0.2, -0.15) is 10.2 Å². The quantitative estimate of drug-likeness (QED) is 0.349. The number of nitrogens with one attached hydrogen (secondary N) is 2. The van der Waals surface area contributed by atoms with Crippen LogP contribution in [0.15, 0.2) is 36.5 Å². The third-order valence-electron chi connectivity index (χ3n) is 5.66. The normalized spacial score (nSPS) is 19.2. The summed E-state index contributed by atoms with van der Waals surface area (Å²) in [5.74, 6) is -0.292. The Morgan fingerprint density at radius 1 is 1.30 bits per heavy atom. The summed E-state index contributed by atoms with van der Waals surface area (Å²) in [6.07, 6.45) is 1.31. The van der Waals surface area contributed by atoms with Crippen molar-refractivity contribution in [3.63, 3.8) is 0 Å². The molecule has 0 aliphatic carbocycles. The minimum absolute atomic E-state index is 0.0136. The number of aliphatic hydroxyl groups is 1. The van der Waals surface area contributed by atoms with Gasteiger partial charge in [-0.1, -0.05) is 0 Å². The monoisotopic (exact) mass is 510 g/mol. The fourth-order valence-electron chi connectivity index (χ4n) is 3.63. The average Bonchev–Trinajstić information content (AvgIpc) is 3.35. The summed E-state index contributed by atoms with van der Waals surface area (Å²) in [5, 5.41) is 20.4. The van der Waals surface area contributed by atoms with Gasteiger partial charge >= 0.3 is 6.01 Å². The van der Waals surface area contributed by atoms with E-state index in [1.807, 2.05) is 6.07 Å². The number of rotatable bonds is 10. The highest BCUT2D eigenvalue weighted by atomic mass is 19.1. The van der Waals surface area contributed by atoms with Gasteiger partial charge < -0.3 is 29.6 Å². The molecule has 0 unspecified atom stereocenters. The SMILES string of the molecule is CC1(C(=O)NCCC#N)COC(c2nc(-c3ccc(F)cc3)c(-c3ccnc(OCCCO)n3)[nH]2)OC1. The van der Waals surface area contributed by atoms with Gasteiger partial charge in [0.25, 0.3) is 0 Å². The van der Waals surface area contributed by atoms with E-state index in [1.165, 1.54) is 18.3 Å². The van der Waals surface area contributed by atoms with E-state index < -0.39 is 11.7 Å². The first kappa shape index (κ1) is 26.2. The molecule has 1 aliphatic heterocycles. The van der Waals surface area contributed by atoms with Gasteiger partial charge in [0.2, 0.25) is 12.2 Å². The van der Waals surface area contributed by atoms with Gasteiger partial charge in [-0.3, -0.25) is 4.79 Å². The summed E-state index contributed by atoms with van der Waals surface area (Å²) in [7, 11) is 0. The highest BCUT2D eigenvalue weighted by molar-refractivity contribution is 5.82. The van der Waals surface area contributed by atoms with Gasteiger partial charge in [0.1, 0.15) is 5.82 Å². The van der Waals surface area contributed by atoms with Crippen LogP contribution in [0, 0.1) is 22.6 Å². The Labute approximate surface area is 212 Å². The van der Waals surface area contributed by atoms with Crippen LogP contribution >= 0.6 is 0 Å². The third-order valence-corrected chi connectivity index (χ3v) is 5.66. The number of aromatic nitrogens is 4. The maximum Gasteiger partial charge on any atom is 0.316 e. The number of ether oxygens (including phenoxy) is 3. The van der Waals surface area contributed by atoms with Crippen molar-refractivity contribution in [2.75, 3.05) is 33.0 Å². The summed E-state index contributed by atoms with van der Waals surface area (Å²) in [4.78, 5) is 29.0. The summed E-state index contributed by atoms with van der Waals surface area (Å²) in [6, 6.07) is 9.66. The fourth-order valence-corrected chi connectivity index (χ4v) is 3.63. The highest BCUT2D eigenvalue weighted by Crippen LogP contribution is 2.35. The van der Waals surface area contributed by atoms with Crippen LogP contribution in [0.1, 0.15) is 31.9 Å². The molecule has 1 fully saturated rings. The molecule has 0 saturated carbocycles. The molecule has 3 N–H and O–H groups in total. The van der Waals surface area contributed by atoms with Crippen LogP contribution in [0.5, 0.6) is 6.01 Å². The van der Waals surface area contributed by atoms with Crippen molar-refractivity contribution in [3.8, 4) is 34.7 Å². The Bertz CT molecular complexity index is 1250. The van der Waals surface area contributed by atoms with Crippen molar-refractivity contribution in [1.82, 2.24) is 25.3 Å². The van der Waals surface area contributed by atoms with E-state index in [9.17, 15) is 9.18 Å². The molecule has 0 radical (unpaired) electrons. The van der Waals surface area contributed by atoms with E-state index in [4.69, 9.17) is 24.6 Å². The van der Waals surface area contributed by atoms with Crippen molar-refractivity contribution in [2.24, 2.45) is 5.41 Å². The van der Waals surface area contributed by atoms with Gasteiger partial charge in [0.15, 0.2) is 5.82 Å². The number of aromatic amines is 1. The molecule has 1 saturated heterocycles. The van der Waals surface area contributed by atoms with Crippen molar-refractivity contribution in [1.29, 1.82) is 5.26 Å². The second kappa shape index (κ2) is 11.9. The molecular weight excluding hydrogens is 483 g/mol. The second-order valence-corrected chi connectivity index (χ2v) is 8.68. The van der Waals surface area contributed by atoms with E-state index in [0.717, 1.165) is 0 Å². The lowest BCUT2D eigenvalue weighted by molar-refractivity contribution is -0.231. The van der Waals surface area contributed by atoms with Gasteiger partial charge in [-0.25, -0.2) is 14.4 Å². The number of hydrogen-bond donors (Lipinski definition) is 3. The maximum absolute atomic E-state index is 13.6. The molecule has 2 aromatic heterocycles. The number of benzene rings is 1. The topological polar surface area (TPSA) is 155 Å². The molecule has 12 heteroatoms. The number of imidazole rings is 1. The second-order valence-electron chi connectivity index (χ2n) is 8.68. The highest BCUT2D eigenvalue weighted by Gasteiger charge is 2.40. The van der Waals surface area contributed by atoms with E-state index in [-0.39, 0.29) is 57.1 Å². The zero-order valence-corrected chi connectivity index (χ0v) is 20.2. The number of halogens is 1. The minimum Gasteiger partial charge on any atom is -0.463 e. The minimum atomic E-state index is -0.922. The lowest BCUT2D eigenvalue weighted by Gasteiger charge is -2.35. The molecule has 0 bridgehead atoms.